The number of ether oxygens (including phenoxy) is 1. The highest BCUT2D eigenvalue weighted by Gasteiger charge is 2.31. The van der Waals surface area contributed by atoms with E-state index in [-0.39, 0.29) is 18.2 Å². The van der Waals surface area contributed by atoms with Crippen molar-refractivity contribution in [2.45, 2.75) is 31.5 Å². The molecule has 2 heterocycles. The zero-order valence-corrected chi connectivity index (χ0v) is 23.7. The second-order valence-electron chi connectivity index (χ2n) is 10.0. The number of nitrogens with zero attached hydrogens (tertiary/aromatic N) is 1. The van der Waals surface area contributed by atoms with Crippen LogP contribution in [0.1, 0.15) is 23.3 Å². The summed E-state index contributed by atoms with van der Waals surface area (Å²) in [5.41, 5.74) is 1.75. The van der Waals surface area contributed by atoms with Crippen molar-refractivity contribution in [2.75, 3.05) is 57.8 Å². The van der Waals surface area contributed by atoms with E-state index in [0.29, 0.717) is 27.0 Å². The molecule has 4 rings (SSSR count). The second kappa shape index (κ2) is 11.6. The first-order chi connectivity index (χ1) is 17.9. The number of fused-ring (bicyclic) bond motifs is 1. The third-order valence-corrected chi connectivity index (χ3v) is 9.27. The lowest BCUT2D eigenvalue weighted by Gasteiger charge is -2.31. The third kappa shape index (κ3) is 7.05. The highest BCUT2D eigenvalue weighted by molar-refractivity contribution is 7.70. The van der Waals surface area contributed by atoms with Gasteiger partial charge in [0.1, 0.15) is 12.9 Å². The number of methoxy groups -OCH3 is 1. The van der Waals surface area contributed by atoms with Crippen molar-refractivity contribution in [1.82, 2.24) is 4.90 Å². The number of nitrogens with one attached hydrogen (secondary N) is 2. The van der Waals surface area contributed by atoms with Crippen LogP contribution in [-0.4, -0.2) is 64.2 Å². The summed E-state index contributed by atoms with van der Waals surface area (Å²) in [6.45, 7) is 5.55. The average Bonchev–Trinajstić information content (AvgIpc) is 3.18. The van der Waals surface area contributed by atoms with Crippen molar-refractivity contribution < 1.29 is 22.5 Å². The lowest BCUT2D eigenvalue weighted by molar-refractivity contribution is -0.126. The minimum absolute atomic E-state index is 0.213. The van der Waals surface area contributed by atoms with E-state index in [1.54, 1.807) is 37.6 Å². The molecule has 38 heavy (non-hydrogen) atoms. The molecule has 0 saturated carbocycles. The number of anilines is 2. The van der Waals surface area contributed by atoms with Gasteiger partial charge in [-0.05, 0) is 75.0 Å². The molecule has 5 nitrogen and oxygen atoms in total. The van der Waals surface area contributed by atoms with Crippen molar-refractivity contribution in [2.24, 2.45) is 0 Å². The number of hydrogen-bond acceptors (Lipinski definition) is 6. The molecule has 0 unspecified atom stereocenters. The highest BCUT2D eigenvalue weighted by atomic mass is 32.1. The molecule has 1 saturated heterocycles. The molecular formula is C28H33F3N3O2PS. The summed E-state index contributed by atoms with van der Waals surface area (Å²) in [5.74, 6) is 6.51. The van der Waals surface area contributed by atoms with E-state index < -0.39 is 19.7 Å². The summed E-state index contributed by atoms with van der Waals surface area (Å²) in [4.78, 5) is 2.69. The Bertz CT molecular complexity index is 1400. The largest absolute Gasteiger partial charge is 0.495 e. The first-order valence-electron chi connectivity index (χ1n) is 12.5. The molecule has 0 spiro atoms. The van der Waals surface area contributed by atoms with E-state index in [4.69, 9.17) is 4.74 Å². The molecule has 3 aromatic rings. The molecule has 2 aromatic carbocycles. The van der Waals surface area contributed by atoms with E-state index in [1.165, 1.54) is 18.4 Å². The smallest absolute Gasteiger partial charge is 0.393 e. The molecule has 0 aliphatic carbocycles. The monoisotopic (exact) mass is 563 g/mol. The van der Waals surface area contributed by atoms with Crippen molar-refractivity contribution in [1.29, 1.82) is 0 Å². The van der Waals surface area contributed by atoms with Gasteiger partial charge in [-0.3, -0.25) is 0 Å². The maximum Gasteiger partial charge on any atom is 0.393 e. The van der Waals surface area contributed by atoms with Crippen molar-refractivity contribution in [3.05, 3.63) is 46.8 Å². The molecule has 2 N–H and O–H groups in total. The fraction of sp³-hybridized carbons (Fsp3) is 0.429. The van der Waals surface area contributed by atoms with Crippen molar-refractivity contribution in [3.63, 3.8) is 0 Å². The van der Waals surface area contributed by atoms with Gasteiger partial charge in [0.25, 0.3) is 0 Å². The number of piperidine rings is 1. The van der Waals surface area contributed by atoms with Crippen LogP contribution >= 0.6 is 18.5 Å². The van der Waals surface area contributed by atoms with Gasteiger partial charge in [0.05, 0.1) is 41.0 Å². The molecule has 1 atom stereocenters. The summed E-state index contributed by atoms with van der Waals surface area (Å²) in [7, 11) is 1.17. The van der Waals surface area contributed by atoms with Gasteiger partial charge in [-0.25, -0.2) is 0 Å². The number of benzene rings is 2. The van der Waals surface area contributed by atoms with Crippen LogP contribution in [0.25, 0.3) is 10.1 Å². The van der Waals surface area contributed by atoms with Gasteiger partial charge in [0.15, 0.2) is 0 Å². The van der Waals surface area contributed by atoms with E-state index >= 15 is 0 Å². The molecule has 1 fully saturated rings. The standard InChI is InChI=1S/C28H33F3N3O2PS/c1-34-15-7-8-19(18-34)33-24-10-5-9-21-22(17-28(29,30)31)26(38-27(21)24)11-6-14-32-23-13-12-20(37(3,4)35)16-25(23)36-2/h5,9-10,12-13,16,19,32-33H,7-8,14-15,17-18H2,1-4H3/t19-/m0/s1. The third-order valence-electron chi connectivity index (χ3n) is 6.56. The van der Waals surface area contributed by atoms with E-state index in [2.05, 4.69) is 34.4 Å². The summed E-state index contributed by atoms with van der Waals surface area (Å²) >= 11 is 1.31. The Morgan fingerprint density at radius 1 is 1.21 bits per heavy atom. The van der Waals surface area contributed by atoms with Gasteiger partial charge in [-0.15, -0.1) is 11.3 Å². The average molecular weight is 564 g/mol. The Balaban J connectivity index is 1.60. The van der Waals surface area contributed by atoms with Gasteiger partial charge in [-0.1, -0.05) is 24.0 Å². The van der Waals surface area contributed by atoms with E-state index in [9.17, 15) is 17.7 Å². The summed E-state index contributed by atoms with van der Waals surface area (Å²) in [6.07, 6.45) is -3.26. The van der Waals surface area contributed by atoms with Crippen LogP contribution in [-0.2, 0) is 11.0 Å². The molecule has 1 aromatic heterocycles. The topological polar surface area (TPSA) is 53.6 Å². The quantitative estimate of drug-likeness (QED) is 0.264. The van der Waals surface area contributed by atoms with Gasteiger partial charge in [0.2, 0.25) is 0 Å². The summed E-state index contributed by atoms with van der Waals surface area (Å²) in [6, 6.07) is 11.1. The van der Waals surface area contributed by atoms with Crippen LogP contribution < -0.4 is 20.7 Å². The maximum absolute atomic E-state index is 13.5. The van der Waals surface area contributed by atoms with Gasteiger partial charge < -0.3 is 24.8 Å². The molecule has 0 radical (unpaired) electrons. The molecule has 1 aliphatic heterocycles. The summed E-state index contributed by atoms with van der Waals surface area (Å²) in [5, 5.41) is 8.03. The van der Waals surface area contributed by atoms with Gasteiger partial charge >= 0.3 is 6.18 Å². The Hall–Kier alpha value is -2.66. The Labute approximate surface area is 226 Å². The lowest BCUT2D eigenvalue weighted by atomic mass is 10.0. The number of rotatable bonds is 7. The fourth-order valence-corrected chi connectivity index (χ4v) is 6.72. The van der Waals surface area contributed by atoms with Crippen LogP contribution in [0.15, 0.2) is 36.4 Å². The van der Waals surface area contributed by atoms with Gasteiger partial charge in [0, 0.05) is 17.9 Å². The fourth-order valence-electron chi connectivity index (χ4n) is 4.69. The van der Waals surface area contributed by atoms with E-state index in [0.717, 1.165) is 36.3 Å². The predicted molar refractivity (Wildman–Crippen MR) is 153 cm³/mol. The molecule has 0 bridgehead atoms. The Morgan fingerprint density at radius 2 is 2.00 bits per heavy atom. The molecular weight excluding hydrogens is 530 g/mol. The molecule has 0 amide bonds. The molecule has 10 heteroatoms. The van der Waals surface area contributed by atoms with E-state index in [1.807, 2.05) is 12.1 Å². The Morgan fingerprint density at radius 3 is 2.68 bits per heavy atom. The summed E-state index contributed by atoms with van der Waals surface area (Å²) < 4.78 is 59.2. The molecule has 204 valence electrons. The molecule has 1 aliphatic rings. The first-order valence-corrected chi connectivity index (χ1v) is 15.9. The zero-order chi connectivity index (χ0) is 27.5. The number of thiophene rings is 1. The number of halogens is 3. The highest BCUT2D eigenvalue weighted by Crippen LogP contribution is 2.40. The van der Waals surface area contributed by atoms with Crippen LogP contribution in [0.3, 0.4) is 0 Å². The van der Waals surface area contributed by atoms with Gasteiger partial charge in [-0.2, -0.15) is 13.2 Å². The Kier molecular flexibility index (Phi) is 8.66. The normalized spacial score (nSPS) is 16.7. The zero-order valence-electron chi connectivity index (χ0n) is 22.0. The predicted octanol–water partition coefficient (Wildman–Crippen LogP) is 6.23. The minimum Gasteiger partial charge on any atom is -0.495 e. The first kappa shape index (κ1) is 28.4. The minimum atomic E-state index is -4.34. The van der Waals surface area contributed by atoms with Crippen LogP contribution in [0.2, 0.25) is 0 Å². The van der Waals surface area contributed by atoms with Crippen LogP contribution in [0, 0.1) is 11.8 Å². The second-order valence-corrected chi connectivity index (χ2v) is 14.3. The number of likely N-dealkylation sites (tertiary alicyclic amines) is 1. The SMILES string of the molecule is COc1cc(P(C)(C)=O)ccc1NCC#Cc1sc2c(N[C@H]3CCCN(C)C3)cccc2c1CC(F)(F)F. The van der Waals surface area contributed by atoms with Crippen molar-refractivity contribution in [3.8, 4) is 17.6 Å². The number of likely N-dealkylation sites (N-methyl/N-ethyl adjacent to an activating group) is 1. The van der Waals surface area contributed by atoms with Crippen molar-refractivity contribution >= 4 is 45.2 Å². The lowest BCUT2D eigenvalue weighted by Crippen LogP contribution is -2.39. The maximum atomic E-state index is 13.5. The number of alkyl halides is 3. The van der Waals surface area contributed by atoms with Crippen LogP contribution in [0.4, 0.5) is 24.5 Å². The number of hydrogen-bond donors (Lipinski definition) is 2. The van der Waals surface area contributed by atoms with Crippen LogP contribution in [0.5, 0.6) is 5.75 Å².